The lowest BCUT2D eigenvalue weighted by molar-refractivity contribution is 0.00709. The Bertz CT molecular complexity index is 627. The predicted octanol–water partition coefficient (Wildman–Crippen LogP) is 5.04. The lowest BCUT2D eigenvalue weighted by atomic mass is 9.88. The fourth-order valence-electron chi connectivity index (χ4n) is 2.26. The maximum Gasteiger partial charge on any atom is 0.339 e. The van der Waals surface area contributed by atoms with Gasteiger partial charge < -0.3 is 4.74 Å². The topological polar surface area (TPSA) is 26.3 Å². The predicted molar refractivity (Wildman–Crippen MR) is 86.9 cm³/mol. The Morgan fingerprint density at radius 2 is 1.43 bits per heavy atom. The molecular weight excluding hydrogens is 260 g/mol. The van der Waals surface area contributed by atoms with Crippen LogP contribution in [0.2, 0.25) is 0 Å². The summed E-state index contributed by atoms with van der Waals surface area (Å²) >= 11 is 0. The fourth-order valence-corrected chi connectivity index (χ4v) is 2.26. The Kier molecular flexibility index (Phi) is 3.83. The quantitative estimate of drug-likeness (QED) is 0.685. The first-order chi connectivity index (χ1) is 9.58. The minimum atomic E-state index is -0.478. The van der Waals surface area contributed by atoms with E-state index in [1.165, 1.54) is 5.56 Å². The molecule has 2 aliphatic rings. The van der Waals surface area contributed by atoms with Gasteiger partial charge in [0.15, 0.2) is 0 Å². The normalized spacial score (nSPS) is 12.5. The van der Waals surface area contributed by atoms with Crippen LogP contribution in [-0.4, -0.2) is 11.6 Å². The van der Waals surface area contributed by atoms with Crippen molar-refractivity contribution in [1.29, 1.82) is 0 Å². The van der Waals surface area contributed by atoms with Gasteiger partial charge in [-0.05, 0) is 48.9 Å². The average Bonchev–Trinajstić information content (AvgIpc) is 2.57. The number of esters is 1. The van der Waals surface area contributed by atoms with Crippen molar-refractivity contribution in [3.8, 4) is 11.1 Å². The number of fused-ring (bicyclic) bond motifs is 1. The molecule has 0 radical (unpaired) electrons. The third-order valence-electron chi connectivity index (χ3n) is 3.39. The van der Waals surface area contributed by atoms with Crippen LogP contribution in [0, 0.1) is 0 Å². The van der Waals surface area contributed by atoms with Crippen molar-refractivity contribution in [2.75, 3.05) is 0 Å². The largest absolute Gasteiger partial charge is 0.456 e. The van der Waals surface area contributed by atoms with Gasteiger partial charge in [0.25, 0.3) is 0 Å². The van der Waals surface area contributed by atoms with E-state index in [4.69, 9.17) is 4.74 Å². The molecule has 21 heavy (non-hydrogen) atoms. The van der Waals surface area contributed by atoms with Crippen molar-refractivity contribution in [2.45, 2.75) is 52.6 Å². The number of ether oxygens (including phenoxy) is 1. The van der Waals surface area contributed by atoms with Crippen LogP contribution in [0.3, 0.4) is 0 Å². The van der Waals surface area contributed by atoms with Crippen LogP contribution >= 0.6 is 0 Å². The van der Waals surface area contributed by atoms with Gasteiger partial charge in [0.2, 0.25) is 0 Å². The monoisotopic (exact) mass is 284 g/mol. The highest BCUT2D eigenvalue weighted by molar-refractivity contribution is 5.99. The summed E-state index contributed by atoms with van der Waals surface area (Å²) in [6, 6.07) is 12.1. The summed E-state index contributed by atoms with van der Waals surface area (Å²) in [6.07, 6.45) is 0. The van der Waals surface area contributed by atoms with E-state index in [2.05, 4.69) is 39.0 Å². The van der Waals surface area contributed by atoms with Gasteiger partial charge in [0.05, 0.1) is 5.56 Å². The minimum Gasteiger partial charge on any atom is -0.456 e. The minimum absolute atomic E-state index is 0.0859. The molecule has 0 atom stereocenters. The highest BCUT2D eigenvalue weighted by atomic mass is 16.6. The van der Waals surface area contributed by atoms with Crippen LogP contribution in [0.4, 0.5) is 0 Å². The van der Waals surface area contributed by atoms with Crippen LogP contribution < -0.4 is 0 Å². The Hall–Kier alpha value is -1.83. The second kappa shape index (κ2) is 5.18. The van der Waals surface area contributed by atoms with E-state index in [0.29, 0.717) is 5.56 Å². The molecule has 0 heterocycles. The van der Waals surface area contributed by atoms with Gasteiger partial charge in [0, 0.05) is 0 Å². The molecule has 0 aromatic carbocycles. The van der Waals surface area contributed by atoms with Gasteiger partial charge in [-0.3, -0.25) is 0 Å². The summed E-state index contributed by atoms with van der Waals surface area (Å²) < 4.78 is 5.48. The summed E-state index contributed by atoms with van der Waals surface area (Å²) in [5.74, 6) is -0.263. The standard InChI is InChI=1S/C19H24O2/c1-18(2,3)14-9-7-13-8-11-16(15(13)12-10-14)17(20)21-19(4,5)6/h7-12H,1-6H3. The Balaban J connectivity index is 2.44. The highest BCUT2D eigenvalue weighted by Crippen LogP contribution is 2.31. The number of carbonyl (C=O) groups is 1. The lowest BCUT2D eigenvalue weighted by Gasteiger charge is -2.19. The first-order valence-corrected chi connectivity index (χ1v) is 7.34. The van der Waals surface area contributed by atoms with Crippen molar-refractivity contribution in [1.82, 2.24) is 0 Å². The smallest absolute Gasteiger partial charge is 0.339 e. The molecule has 0 amide bonds. The van der Waals surface area contributed by atoms with Crippen molar-refractivity contribution in [2.24, 2.45) is 0 Å². The molecule has 0 spiro atoms. The summed E-state index contributed by atoms with van der Waals surface area (Å²) in [4.78, 5) is 12.3. The second-order valence-electron chi connectivity index (χ2n) is 7.49. The van der Waals surface area contributed by atoms with Crippen molar-refractivity contribution in [3.63, 3.8) is 0 Å². The molecule has 2 heteroatoms. The Morgan fingerprint density at radius 1 is 0.857 bits per heavy atom. The molecule has 0 unspecified atom stereocenters. The summed E-state index contributed by atoms with van der Waals surface area (Å²) in [5, 5.41) is 0. The summed E-state index contributed by atoms with van der Waals surface area (Å²) in [5.41, 5.74) is 3.49. The van der Waals surface area contributed by atoms with Crippen LogP contribution in [0.15, 0.2) is 36.4 Å². The van der Waals surface area contributed by atoms with Crippen LogP contribution in [0.5, 0.6) is 0 Å². The van der Waals surface area contributed by atoms with Crippen LogP contribution in [0.25, 0.3) is 11.1 Å². The highest BCUT2D eigenvalue weighted by Gasteiger charge is 2.22. The average molecular weight is 284 g/mol. The van der Waals surface area contributed by atoms with Crippen LogP contribution in [0.1, 0.15) is 57.5 Å². The van der Waals surface area contributed by atoms with Gasteiger partial charge in [-0.25, -0.2) is 4.79 Å². The van der Waals surface area contributed by atoms with E-state index in [1.807, 2.05) is 39.0 Å². The Labute approximate surface area is 127 Å². The molecule has 0 aromatic heterocycles. The van der Waals surface area contributed by atoms with Gasteiger partial charge in [-0.15, -0.1) is 0 Å². The van der Waals surface area contributed by atoms with E-state index < -0.39 is 5.60 Å². The van der Waals surface area contributed by atoms with E-state index in [9.17, 15) is 4.79 Å². The van der Waals surface area contributed by atoms with Gasteiger partial charge in [-0.1, -0.05) is 51.1 Å². The number of hydrogen-bond acceptors (Lipinski definition) is 2. The number of rotatable bonds is 1. The molecule has 2 aliphatic carbocycles. The third-order valence-corrected chi connectivity index (χ3v) is 3.39. The molecule has 0 bridgehead atoms. The van der Waals surface area contributed by atoms with Crippen molar-refractivity contribution < 1.29 is 9.53 Å². The van der Waals surface area contributed by atoms with E-state index >= 15 is 0 Å². The zero-order valence-electron chi connectivity index (χ0n) is 13.8. The summed E-state index contributed by atoms with van der Waals surface area (Å²) in [6.45, 7) is 12.2. The second-order valence-corrected chi connectivity index (χ2v) is 7.49. The van der Waals surface area contributed by atoms with Crippen molar-refractivity contribution in [3.05, 3.63) is 47.5 Å². The number of hydrogen-bond donors (Lipinski definition) is 0. The van der Waals surface area contributed by atoms with Gasteiger partial charge in [-0.2, -0.15) is 0 Å². The van der Waals surface area contributed by atoms with Crippen molar-refractivity contribution >= 4 is 5.97 Å². The molecule has 0 N–H and O–H groups in total. The zero-order chi connectivity index (χ0) is 15.8. The number of carbonyl (C=O) groups excluding carboxylic acids is 1. The molecule has 0 saturated carbocycles. The van der Waals surface area contributed by atoms with Crippen LogP contribution in [-0.2, 0) is 10.2 Å². The summed E-state index contributed by atoms with van der Waals surface area (Å²) in [7, 11) is 0. The van der Waals surface area contributed by atoms with Gasteiger partial charge >= 0.3 is 5.97 Å². The first kappa shape index (κ1) is 15.6. The maximum absolute atomic E-state index is 12.3. The molecule has 112 valence electrons. The molecule has 2 nitrogen and oxygen atoms in total. The lowest BCUT2D eigenvalue weighted by Crippen LogP contribution is -2.23. The SMILES string of the molecule is CC(C)(C)OC(=O)c1ccc2ccc(C(C)(C)C)ccc1-2. The fraction of sp³-hybridized carbons (Fsp3) is 0.421. The maximum atomic E-state index is 12.3. The van der Waals surface area contributed by atoms with Gasteiger partial charge in [0.1, 0.15) is 5.60 Å². The van der Waals surface area contributed by atoms with E-state index in [1.54, 1.807) is 0 Å². The molecule has 0 aromatic rings. The third kappa shape index (κ3) is 3.63. The molecular formula is C19H24O2. The van der Waals surface area contributed by atoms with E-state index in [0.717, 1.165) is 11.1 Å². The van der Waals surface area contributed by atoms with E-state index in [-0.39, 0.29) is 11.4 Å². The molecule has 0 aliphatic heterocycles. The molecule has 0 saturated heterocycles. The zero-order valence-corrected chi connectivity index (χ0v) is 13.8. The molecule has 2 rings (SSSR count). The Morgan fingerprint density at radius 3 is 2.00 bits per heavy atom. The first-order valence-electron chi connectivity index (χ1n) is 7.34. The molecule has 0 fully saturated rings.